The third-order valence-corrected chi connectivity index (χ3v) is 4.85. The number of nitrogens with zero attached hydrogens (tertiary/aromatic N) is 1. The van der Waals surface area contributed by atoms with Gasteiger partial charge in [0, 0.05) is 23.5 Å². The predicted molar refractivity (Wildman–Crippen MR) is 103 cm³/mol. The molecule has 26 heavy (non-hydrogen) atoms. The van der Waals surface area contributed by atoms with Crippen molar-refractivity contribution in [2.45, 2.75) is 38.6 Å². The summed E-state index contributed by atoms with van der Waals surface area (Å²) >= 11 is 0. The van der Waals surface area contributed by atoms with Gasteiger partial charge in [-0.25, -0.2) is 9.78 Å². The van der Waals surface area contributed by atoms with Crippen molar-refractivity contribution >= 4 is 17.5 Å². The molecular formula is C19H27N5O2. The third-order valence-electron chi connectivity index (χ3n) is 4.85. The number of ether oxygens (including phenoxy) is 1. The molecule has 1 aliphatic rings. The maximum absolute atomic E-state index is 11.5. The molecular weight excluding hydrogens is 330 g/mol. The van der Waals surface area contributed by atoms with E-state index in [1.165, 1.54) is 7.11 Å². The van der Waals surface area contributed by atoms with E-state index >= 15 is 0 Å². The molecule has 0 radical (unpaired) electrons. The lowest BCUT2D eigenvalue weighted by atomic mass is 9.97. The molecule has 2 heterocycles. The van der Waals surface area contributed by atoms with Gasteiger partial charge in [-0.1, -0.05) is 6.92 Å². The van der Waals surface area contributed by atoms with Crippen molar-refractivity contribution in [2.24, 2.45) is 11.7 Å². The van der Waals surface area contributed by atoms with Crippen LogP contribution in [-0.4, -0.2) is 29.7 Å². The minimum absolute atomic E-state index is 0.0800. The highest BCUT2D eigenvalue weighted by Crippen LogP contribution is 2.31. The lowest BCUT2D eigenvalue weighted by Gasteiger charge is -2.15. The van der Waals surface area contributed by atoms with Gasteiger partial charge in [0.2, 0.25) is 0 Å². The number of anilines is 2. The van der Waals surface area contributed by atoms with E-state index < -0.39 is 6.09 Å². The number of amides is 1. The van der Waals surface area contributed by atoms with Crippen LogP contribution in [0.1, 0.15) is 44.5 Å². The predicted octanol–water partition coefficient (Wildman–Crippen LogP) is 3.88. The minimum Gasteiger partial charge on any atom is -0.453 e. The van der Waals surface area contributed by atoms with E-state index in [-0.39, 0.29) is 6.04 Å². The van der Waals surface area contributed by atoms with Gasteiger partial charge in [0.15, 0.2) is 0 Å². The molecule has 2 bridgehead atoms. The first kappa shape index (κ1) is 18.3. The van der Waals surface area contributed by atoms with Crippen LogP contribution < -0.4 is 16.4 Å². The van der Waals surface area contributed by atoms with Crippen molar-refractivity contribution < 1.29 is 9.53 Å². The number of fused-ring (bicyclic) bond motifs is 4. The van der Waals surface area contributed by atoms with Gasteiger partial charge < -0.3 is 20.8 Å². The Labute approximate surface area is 153 Å². The molecule has 5 N–H and O–H groups in total. The van der Waals surface area contributed by atoms with Crippen molar-refractivity contribution in [3.05, 3.63) is 30.2 Å². The SMILES string of the molecule is COC(=O)Nc1ccc2c(c1)NCCCC(C)CC[C@H](N)c1ncc-2[nH]1. The topological polar surface area (TPSA) is 105 Å². The number of carbonyl (C=O) groups is 1. The number of imidazole rings is 1. The molecule has 0 spiro atoms. The number of nitrogens with one attached hydrogen (secondary N) is 3. The Morgan fingerprint density at radius 2 is 2.19 bits per heavy atom. The largest absolute Gasteiger partial charge is 0.453 e. The van der Waals surface area contributed by atoms with E-state index in [0.29, 0.717) is 11.6 Å². The molecule has 140 valence electrons. The Kier molecular flexibility index (Phi) is 5.78. The summed E-state index contributed by atoms with van der Waals surface area (Å²) in [4.78, 5) is 19.3. The second-order valence-electron chi connectivity index (χ2n) is 6.92. The summed E-state index contributed by atoms with van der Waals surface area (Å²) in [5, 5.41) is 6.20. The van der Waals surface area contributed by atoms with Gasteiger partial charge in [0.05, 0.1) is 25.0 Å². The maximum atomic E-state index is 11.5. The molecule has 1 unspecified atom stereocenters. The third kappa shape index (κ3) is 4.35. The Balaban J connectivity index is 1.93. The van der Waals surface area contributed by atoms with Crippen molar-refractivity contribution in [1.29, 1.82) is 0 Å². The zero-order valence-corrected chi connectivity index (χ0v) is 15.3. The van der Waals surface area contributed by atoms with Crippen LogP contribution in [0.25, 0.3) is 11.3 Å². The Hall–Kier alpha value is -2.54. The van der Waals surface area contributed by atoms with Crippen LogP contribution in [0.2, 0.25) is 0 Å². The Bertz CT molecular complexity index is 758. The first-order valence-electron chi connectivity index (χ1n) is 9.10. The van der Waals surface area contributed by atoms with Crippen LogP contribution in [0.5, 0.6) is 0 Å². The van der Waals surface area contributed by atoms with Gasteiger partial charge in [0.25, 0.3) is 0 Å². The number of aromatic amines is 1. The lowest BCUT2D eigenvalue weighted by Crippen LogP contribution is -2.13. The standard InChI is InChI=1S/C19H27N5O2/c1-12-4-3-9-21-16-10-13(23-19(25)26-2)6-7-14(16)17-11-22-18(24-17)15(20)8-5-12/h6-7,10-12,15,21H,3-5,8-9,20H2,1-2H3,(H,22,24)(H,23,25)/t12?,15-/m0/s1. The van der Waals surface area contributed by atoms with Gasteiger partial charge in [-0.3, -0.25) is 5.32 Å². The summed E-state index contributed by atoms with van der Waals surface area (Å²) in [7, 11) is 1.35. The number of carbonyl (C=O) groups excluding carboxylic acids is 1. The normalized spacial score (nSPS) is 20.6. The number of benzene rings is 1. The van der Waals surface area contributed by atoms with Crippen LogP contribution in [0.15, 0.2) is 24.4 Å². The number of hydrogen-bond acceptors (Lipinski definition) is 5. The van der Waals surface area contributed by atoms with Crippen LogP contribution in [0.3, 0.4) is 0 Å². The van der Waals surface area contributed by atoms with Gasteiger partial charge in [-0.2, -0.15) is 0 Å². The fourth-order valence-electron chi connectivity index (χ4n) is 3.25. The van der Waals surface area contributed by atoms with Crippen LogP contribution in [0.4, 0.5) is 16.2 Å². The Morgan fingerprint density at radius 1 is 1.35 bits per heavy atom. The van der Waals surface area contributed by atoms with Crippen LogP contribution in [-0.2, 0) is 4.74 Å². The average Bonchev–Trinajstić information content (AvgIpc) is 3.13. The molecule has 1 aliphatic heterocycles. The highest BCUT2D eigenvalue weighted by molar-refractivity contribution is 5.87. The van der Waals surface area contributed by atoms with E-state index in [2.05, 4.69) is 32.3 Å². The molecule has 0 saturated carbocycles. The molecule has 2 atom stereocenters. The number of rotatable bonds is 1. The zero-order valence-electron chi connectivity index (χ0n) is 15.3. The Morgan fingerprint density at radius 3 is 3.00 bits per heavy atom. The fraction of sp³-hybridized carbons (Fsp3) is 0.474. The number of aromatic nitrogens is 2. The van der Waals surface area contributed by atoms with Crippen molar-refractivity contribution in [1.82, 2.24) is 9.97 Å². The lowest BCUT2D eigenvalue weighted by molar-refractivity contribution is 0.187. The molecule has 7 heteroatoms. The quantitative estimate of drug-likeness (QED) is 0.620. The van der Waals surface area contributed by atoms with Gasteiger partial charge in [0.1, 0.15) is 5.82 Å². The summed E-state index contributed by atoms with van der Waals surface area (Å²) < 4.78 is 4.67. The second-order valence-corrected chi connectivity index (χ2v) is 6.92. The van der Waals surface area contributed by atoms with Crippen molar-refractivity contribution in [2.75, 3.05) is 24.3 Å². The fourth-order valence-corrected chi connectivity index (χ4v) is 3.25. The zero-order chi connectivity index (χ0) is 18.5. The minimum atomic E-state index is -0.488. The molecule has 0 fully saturated rings. The highest BCUT2D eigenvalue weighted by atomic mass is 16.5. The molecule has 2 aromatic rings. The molecule has 0 saturated heterocycles. The summed E-state index contributed by atoms with van der Waals surface area (Å²) in [5.41, 5.74) is 9.84. The number of methoxy groups -OCH3 is 1. The first-order chi connectivity index (χ1) is 12.6. The van der Waals surface area contributed by atoms with Gasteiger partial charge in [-0.15, -0.1) is 0 Å². The van der Waals surface area contributed by atoms with Crippen LogP contribution >= 0.6 is 0 Å². The molecule has 1 aromatic heterocycles. The molecule has 0 aliphatic carbocycles. The number of nitrogens with two attached hydrogens (primary N) is 1. The molecule has 3 rings (SSSR count). The van der Waals surface area contributed by atoms with E-state index in [4.69, 9.17) is 5.73 Å². The smallest absolute Gasteiger partial charge is 0.411 e. The maximum Gasteiger partial charge on any atom is 0.411 e. The summed E-state index contributed by atoms with van der Waals surface area (Å²) in [5.74, 6) is 1.44. The number of H-pyrrole nitrogens is 1. The van der Waals surface area contributed by atoms with E-state index in [0.717, 1.165) is 55.0 Å². The summed E-state index contributed by atoms with van der Waals surface area (Å²) in [6, 6.07) is 5.63. The van der Waals surface area contributed by atoms with Gasteiger partial charge in [-0.05, 0) is 49.8 Å². The molecule has 1 amide bonds. The number of hydrogen-bond donors (Lipinski definition) is 4. The second kappa shape index (κ2) is 8.23. The van der Waals surface area contributed by atoms with E-state index in [1.54, 1.807) is 0 Å². The van der Waals surface area contributed by atoms with Gasteiger partial charge >= 0.3 is 6.09 Å². The summed E-state index contributed by atoms with van der Waals surface area (Å²) in [6.07, 6.45) is 5.58. The van der Waals surface area contributed by atoms with Crippen molar-refractivity contribution in [3.8, 4) is 11.3 Å². The molecule has 7 nitrogen and oxygen atoms in total. The monoisotopic (exact) mass is 357 g/mol. The first-order valence-corrected chi connectivity index (χ1v) is 9.10. The van der Waals surface area contributed by atoms with Crippen molar-refractivity contribution in [3.63, 3.8) is 0 Å². The molecule has 1 aromatic carbocycles. The average molecular weight is 357 g/mol. The summed E-state index contributed by atoms with van der Waals surface area (Å²) in [6.45, 7) is 3.14. The van der Waals surface area contributed by atoms with E-state index in [9.17, 15) is 4.79 Å². The highest BCUT2D eigenvalue weighted by Gasteiger charge is 2.16. The van der Waals surface area contributed by atoms with Crippen LogP contribution in [0, 0.1) is 5.92 Å². The van der Waals surface area contributed by atoms with E-state index in [1.807, 2.05) is 24.4 Å².